The molecule has 0 radical (unpaired) electrons. The van der Waals surface area contributed by atoms with Gasteiger partial charge >= 0.3 is 0 Å². The van der Waals surface area contributed by atoms with Crippen molar-refractivity contribution < 1.29 is 0 Å². The van der Waals surface area contributed by atoms with E-state index >= 15 is 0 Å². The maximum Gasteiger partial charge on any atom is 0.101 e. The molecule has 0 unspecified atom stereocenters. The maximum atomic E-state index is 12.2. The Bertz CT molecular complexity index is 6040. The number of nitrogens with zero attached hydrogens (tertiary/aromatic N) is 8. The third-order valence-electron chi connectivity index (χ3n) is 19.5. The Balaban J connectivity index is 0.906. The van der Waals surface area contributed by atoms with Crippen LogP contribution in [-0.2, 0) is 0 Å². The molecule has 20 rings (SSSR count). The molecule has 8 heteroatoms. The minimum atomic E-state index is 0.517. The first-order valence-electron chi connectivity index (χ1n) is 31.2. The van der Waals surface area contributed by atoms with Gasteiger partial charge in [-0.05, 0) is 115 Å². The molecule has 7 aromatic heterocycles. The van der Waals surface area contributed by atoms with Crippen molar-refractivity contribution in [1.82, 2.24) is 32.4 Å². The van der Waals surface area contributed by atoms with Crippen LogP contribution in [0.1, 0.15) is 5.56 Å². The molecule has 0 saturated heterocycles. The van der Waals surface area contributed by atoms with E-state index in [1.165, 1.54) is 43.1 Å². The Morgan fingerprint density at radius 2 is 0.511 bits per heavy atom. The first-order valence-corrected chi connectivity index (χ1v) is 31.2. The van der Waals surface area contributed by atoms with E-state index in [2.05, 4.69) is 319 Å². The second kappa shape index (κ2) is 19.2. The summed E-state index contributed by atoms with van der Waals surface area (Å²) in [4.78, 5) is 4.84. The minimum Gasteiger partial charge on any atom is -0.309 e. The van der Waals surface area contributed by atoms with Crippen molar-refractivity contribution in [3.63, 3.8) is 0 Å². The number of aromatic nitrogens is 7. The first kappa shape index (κ1) is 50.3. The fourth-order valence-electron chi connectivity index (χ4n) is 15.7. The maximum absolute atomic E-state index is 12.2. The molecule has 0 N–H and O–H groups in total. The summed E-state index contributed by atoms with van der Waals surface area (Å²) in [7, 11) is 0. The van der Waals surface area contributed by atoms with Crippen molar-refractivity contribution in [3.8, 4) is 51.3 Å². The molecular formula is C84H50N8. The zero-order valence-electron chi connectivity index (χ0n) is 49.4. The quantitative estimate of drug-likeness (QED) is 0.160. The van der Waals surface area contributed by atoms with Gasteiger partial charge in [0.1, 0.15) is 6.07 Å². The van der Waals surface area contributed by atoms with Gasteiger partial charge in [0, 0.05) is 111 Å². The third kappa shape index (κ3) is 7.01. The molecule has 0 bridgehead atoms. The summed E-state index contributed by atoms with van der Waals surface area (Å²) in [5, 5.41) is 26.1. The van der Waals surface area contributed by atoms with Crippen molar-refractivity contribution >= 4 is 131 Å². The van der Waals surface area contributed by atoms with Crippen LogP contribution in [0.3, 0.4) is 0 Å². The second-order valence-electron chi connectivity index (χ2n) is 24.2. The third-order valence-corrected chi connectivity index (χ3v) is 19.5. The van der Waals surface area contributed by atoms with Gasteiger partial charge in [0.15, 0.2) is 0 Å². The highest BCUT2D eigenvalue weighted by molar-refractivity contribution is 6.17. The molecule has 426 valence electrons. The van der Waals surface area contributed by atoms with Crippen LogP contribution < -0.4 is 0 Å². The molecule has 0 saturated carbocycles. The predicted molar refractivity (Wildman–Crippen MR) is 380 cm³/mol. The normalized spacial score (nSPS) is 12.1. The topological polar surface area (TPSA) is 66.3 Å². The number of pyridine rings is 1. The average Bonchev–Trinajstić information content (AvgIpc) is 1.57. The van der Waals surface area contributed by atoms with Crippen LogP contribution in [0, 0.1) is 11.3 Å². The van der Waals surface area contributed by atoms with Crippen LogP contribution in [0.4, 0.5) is 0 Å². The van der Waals surface area contributed by atoms with Crippen LogP contribution in [0.25, 0.3) is 176 Å². The van der Waals surface area contributed by atoms with Crippen LogP contribution in [0.15, 0.2) is 304 Å². The fourth-order valence-corrected chi connectivity index (χ4v) is 15.7. The van der Waals surface area contributed by atoms with E-state index in [9.17, 15) is 5.26 Å². The van der Waals surface area contributed by atoms with Gasteiger partial charge < -0.3 is 27.4 Å². The molecule has 0 fully saturated rings. The lowest BCUT2D eigenvalue weighted by Gasteiger charge is -2.19. The highest BCUT2D eigenvalue weighted by Gasteiger charge is 2.26. The summed E-state index contributed by atoms with van der Waals surface area (Å²) >= 11 is 0. The second-order valence-corrected chi connectivity index (χ2v) is 24.2. The predicted octanol–water partition coefficient (Wildman–Crippen LogP) is 21.2. The Morgan fingerprint density at radius 1 is 0.239 bits per heavy atom. The highest BCUT2D eigenvalue weighted by atomic mass is 15.1. The summed E-state index contributed by atoms with van der Waals surface area (Å²) in [6.45, 7) is 0. The van der Waals surface area contributed by atoms with Crippen LogP contribution in [0.5, 0.6) is 0 Å². The van der Waals surface area contributed by atoms with E-state index in [1.807, 2.05) is 18.5 Å². The Kier molecular flexibility index (Phi) is 10.5. The molecule has 7 heterocycles. The van der Waals surface area contributed by atoms with Crippen molar-refractivity contribution in [1.29, 1.82) is 5.26 Å². The smallest absolute Gasteiger partial charge is 0.101 e. The number of benzene rings is 13. The van der Waals surface area contributed by atoms with Crippen molar-refractivity contribution in [3.05, 3.63) is 309 Å². The summed E-state index contributed by atoms with van der Waals surface area (Å²) in [5.41, 5.74) is 21.0. The Labute approximate surface area is 526 Å². The van der Waals surface area contributed by atoms with Gasteiger partial charge in [0.2, 0.25) is 0 Å². The van der Waals surface area contributed by atoms with Crippen molar-refractivity contribution in [2.75, 3.05) is 0 Å². The number of para-hydroxylation sites is 8. The standard InChI is InChI=1S/C84H50N8/c85-50-53-44-80(92-83-47-56(89-75-31-13-5-23-62(75)63-24-6-14-32-76(63)89)37-41-68(83)69-42-38-57(48-84(69)92)90-77-33-15-7-25-64(77)65-26-8-16-34-78(65)90)70(52-18-17-43-86-51-52)49-79(53)91-81-45-54(87-71-27-9-1-19-58(71)59-20-2-10-28-72(59)87)35-39-66(81)67-40-36-55(46-82(67)91)88-73-29-11-3-21-60(73)61-22-4-12-30-74(61)88/h1-49,51H. The van der Waals surface area contributed by atoms with Crippen molar-refractivity contribution in [2.24, 2.45) is 0 Å². The van der Waals surface area contributed by atoms with E-state index in [0.717, 1.165) is 133 Å². The van der Waals surface area contributed by atoms with Crippen molar-refractivity contribution in [2.45, 2.75) is 0 Å². The molecule has 0 aliphatic carbocycles. The van der Waals surface area contributed by atoms with Gasteiger partial charge in [-0.15, -0.1) is 0 Å². The molecule has 0 aliphatic heterocycles. The van der Waals surface area contributed by atoms with E-state index in [-0.39, 0.29) is 0 Å². The number of hydrogen-bond acceptors (Lipinski definition) is 2. The van der Waals surface area contributed by atoms with E-state index in [1.54, 1.807) is 0 Å². The fraction of sp³-hybridized carbons (Fsp3) is 0. The largest absolute Gasteiger partial charge is 0.309 e. The lowest BCUT2D eigenvalue weighted by Crippen LogP contribution is -2.05. The minimum absolute atomic E-state index is 0.517. The van der Waals surface area contributed by atoms with Crippen LogP contribution in [-0.4, -0.2) is 32.4 Å². The van der Waals surface area contributed by atoms with Crippen LogP contribution >= 0.6 is 0 Å². The van der Waals surface area contributed by atoms with Gasteiger partial charge in [0.25, 0.3) is 0 Å². The molecule has 0 aliphatic rings. The van der Waals surface area contributed by atoms with Gasteiger partial charge in [-0.2, -0.15) is 5.26 Å². The molecule has 92 heavy (non-hydrogen) atoms. The molecule has 13 aromatic carbocycles. The Hall–Kier alpha value is -12.7. The zero-order valence-corrected chi connectivity index (χ0v) is 49.4. The van der Waals surface area contributed by atoms with E-state index < -0.39 is 0 Å². The molecular weight excluding hydrogens is 1120 g/mol. The SMILES string of the molecule is N#Cc1cc(-n2c3cc(-n4c5ccccc5c5ccccc54)ccc3c3ccc(-n4c5ccccc5c5ccccc54)cc32)c(-c2cccnc2)cc1-n1c2cc(-n3c4ccccc4c4ccccc43)ccc2c2ccc(-n3c4ccccc4c4ccccc43)cc21. The average molecular weight is 1170 g/mol. The summed E-state index contributed by atoms with van der Waals surface area (Å²) in [5.74, 6) is 0. The lowest BCUT2D eigenvalue weighted by molar-refractivity contribution is 1.12. The van der Waals surface area contributed by atoms with E-state index in [4.69, 9.17) is 4.98 Å². The number of hydrogen-bond donors (Lipinski definition) is 0. The number of fused-ring (bicyclic) bond motifs is 18. The number of rotatable bonds is 7. The first-order chi connectivity index (χ1) is 45.6. The van der Waals surface area contributed by atoms with E-state index in [0.29, 0.717) is 5.56 Å². The lowest BCUT2D eigenvalue weighted by atomic mass is 10.0. The molecule has 0 atom stereocenters. The van der Waals surface area contributed by atoms with Gasteiger partial charge in [-0.1, -0.05) is 176 Å². The van der Waals surface area contributed by atoms with Gasteiger partial charge in [-0.3, -0.25) is 4.98 Å². The monoisotopic (exact) mass is 1170 g/mol. The molecule has 0 spiro atoms. The van der Waals surface area contributed by atoms with Crippen LogP contribution in [0.2, 0.25) is 0 Å². The summed E-state index contributed by atoms with van der Waals surface area (Å²) in [6.07, 6.45) is 3.80. The molecule has 20 aromatic rings. The molecule has 8 nitrogen and oxygen atoms in total. The zero-order chi connectivity index (χ0) is 60.3. The Morgan fingerprint density at radius 3 is 0.783 bits per heavy atom. The molecule has 0 amide bonds. The highest BCUT2D eigenvalue weighted by Crippen LogP contribution is 2.45. The summed E-state index contributed by atoms with van der Waals surface area (Å²) in [6, 6.07) is 108. The number of nitriles is 1. The summed E-state index contributed by atoms with van der Waals surface area (Å²) < 4.78 is 14.3. The van der Waals surface area contributed by atoms with Gasteiger partial charge in [-0.25, -0.2) is 0 Å². The van der Waals surface area contributed by atoms with Gasteiger partial charge in [0.05, 0.1) is 83.1 Å².